The lowest BCUT2D eigenvalue weighted by Gasteiger charge is -2.38. The minimum atomic E-state index is -1.84. The van der Waals surface area contributed by atoms with Crippen molar-refractivity contribution < 1.29 is 0 Å². The van der Waals surface area contributed by atoms with E-state index in [9.17, 15) is 0 Å². The first-order chi connectivity index (χ1) is 52.2. The molecule has 0 fully saturated rings. The summed E-state index contributed by atoms with van der Waals surface area (Å²) in [4.78, 5) is 2.31. The number of hydrogen-bond donors (Lipinski definition) is 0. The molecule has 0 aliphatic carbocycles. The average molecular weight is 1490 g/mol. The Morgan fingerprint density at radius 1 is 0.211 bits per heavy atom. The Balaban J connectivity index is 1.38. The molecule has 0 amide bonds. The second-order valence-corrected chi connectivity index (χ2v) is 49.3. The maximum absolute atomic E-state index is 3.89. The fourth-order valence-corrected chi connectivity index (χ4v) is 32.1. The first-order valence-electron chi connectivity index (χ1n) is 41.5. The second kappa shape index (κ2) is 44.0. The van der Waals surface area contributed by atoms with E-state index in [1.54, 1.807) is 0 Å². The molecular formula is C105H129NSi3. The minimum absolute atomic E-state index is 0.589. The summed E-state index contributed by atoms with van der Waals surface area (Å²) >= 11 is 0. The SMILES string of the molecule is CCC/C(C#Cc1ccc(C#C[Si](C(C)C)(C(C)C)C(C)C)cc1)=C(\C#Cc1ccc(N(c2ccc(C#C/C(CCC)=C(/C#Cc3ccc(C#C[Si](C(C)C)(C(C)C)C(C)C)cc3)CCC)cc2)c2ccc(C#C/C(CCC)=C(/C#Cc3ccc(C#C[Si](C(C)C)(C(C)C)C(C)C)cc3)CCC)cc2)cc1)CCC. The van der Waals surface area contributed by atoms with Crippen molar-refractivity contribution in [2.24, 2.45) is 0 Å². The summed E-state index contributed by atoms with van der Waals surface area (Å²) < 4.78 is 0. The van der Waals surface area contributed by atoms with Crippen molar-refractivity contribution >= 4 is 41.3 Å². The van der Waals surface area contributed by atoms with Crippen LogP contribution in [0, 0.1) is 105 Å². The molecule has 0 aromatic heterocycles. The van der Waals surface area contributed by atoms with E-state index < -0.39 is 24.2 Å². The Labute approximate surface area is 669 Å². The van der Waals surface area contributed by atoms with Crippen LogP contribution in [-0.2, 0) is 0 Å². The first-order valence-corrected chi connectivity index (χ1v) is 48.1. The van der Waals surface area contributed by atoms with Gasteiger partial charge in [-0.1, -0.05) is 294 Å². The maximum atomic E-state index is 3.89. The molecule has 0 bridgehead atoms. The summed E-state index contributed by atoms with van der Waals surface area (Å²) in [6.45, 7) is 56.0. The van der Waals surface area contributed by atoms with Crippen LogP contribution in [0.2, 0.25) is 49.9 Å². The third-order valence-corrected chi connectivity index (χ3v) is 41.0. The third kappa shape index (κ3) is 24.5. The van der Waals surface area contributed by atoms with Crippen LogP contribution in [0.25, 0.3) is 0 Å². The molecule has 0 atom stereocenters. The van der Waals surface area contributed by atoms with Gasteiger partial charge in [-0.05, 0) is 234 Å². The Bertz CT molecular complexity index is 4130. The van der Waals surface area contributed by atoms with E-state index in [0.29, 0.717) is 49.9 Å². The molecule has 6 rings (SSSR count). The van der Waals surface area contributed by atoms with E-state index in [2.05, 4.69) is 422 Å². The van der Waals surface area contributed by atoms with Crippen LogP contribution in [0.3, 0.4) is 0 Å². The monoisotopic (exact) mass is 1490 g/mol. The van der Waals surface area contributed by atoms with Gasteiger partial charge in [-0.3, -0.25) is 0 Å². The number of nitrogens with zero attached hydrogens (tertiary/aromatic N) is 1. The van der Waals surface area contributed by atoms with Gasteiger partial charge in [0.2, 0.25) is 0 Å². The topological polar surface area (TPSA) is 3.24 Å². The van der Waals surface area contributed by atoms with E-state index in [0.717, 1.165) is 178 Å². The second-order valence-electron chi connectivity index (χ2n) is 32.5. The highest BCUT2D eigenvalue weighted by molar-refractivity contribution is 6.91. The van der Waals surface area contributed by atoms with Gasteiger partial charge in [0, 0.05) is 101 Å². The summed E-state index contributed by atoms with van der Waals surface area (Å²) in [6, 6.07) is 51.6. The number of hydrogen-bond acceptors (Lipinski definition) is 1. The Morgan fingerprint density at radius 2 is 0.339 bits per heavy atom. The summed E-state index contributed by atoms with van der Waals surface area (Å²) in [6.07, 6.45) is 11.1. The predicted molar refractivity (Wildman–Crippen MR) is 486 cm³/mol. The van der Waals surface area contributed by atoms with E-state index in [4.69, 9.17) is 0 Å². The quantitative estimate of drug-likeness (QED) is 0.0431. The normalized spacial score (nSPS) is 12.1. The van der Waals surface area contributed by atoms with Crippen LogP contribution >= 0.6 is 0 Å². The molecule has 0 spiro atoms. The molecule has 0 heterocycles. The zero-order valence-corrected chi connectivity index (χ0v) is 74.5. The summed E-state index contributed by atoms with van der Waals surface area (Å²) in [5.41, 5.74) is 35.7. The van der Waals surface area contributed by atoms with Gasteiger partial charge in [-0.15, -0.1) is 16.6 Å². The molecule has 0 aliphatic rings. The highest BCUT2D eigenvalue weighted by atomic mass is 28.3. The molecule has 4 heteroatoms. The van der Waals surface area contributed by atoms with Gasteiger partial charge in [-0.25, -0.2) is 0 Å². The molecule has 0 radical (unpaired) electrons. The summed E-state index contributed by atoms with van der Waals surface area (Å²) in [5, 5.41) is 0. The highest BCUT2D eigenvalue weighted by Gasteiger charge is 2.44. The first kappa shape index (κ1) is 88.9. The van der Waals surface area contributed by atoms with Gasteiger partial charge in [-0.2, -0.15) is 0 Å². The van der Waals surface area contributed by atoms with Gasteiger partial charge < -0.3 is 4.90 Å². The van der Waals surface area contributed by atoms with Crippen LogP contribution in [0.1, 0.15) is 293 Å². The van der Waals surface area contributed by atoms with E-state index in [1.807, 2.05) is 0 Å². The molecule has 0 saturated carbocycles. The van der Waals surface area contributed by atoms with Crippen LogP contribution < -0.4 is 4.90 Å². The van der Waals surface area contributed by atoms with E-state index in [1.165, 1.54) is 0 Å². The standard InChI is InChI=1S/C105H129NSi3/c1-25-31-97(61-49-88-37-43-94(44-38-88)73-76-107(79(7)8,80(9)10)81(11)12)100(34-28-4)64-52-91-55-67-103(68-56-91)106(104-69-57-92(58-70-104)53-65-101(35-29-5)98(32-26-2)62-50-89-39-45-95(46-40-89)74-77-108(82(13)14,83(15)16)84(17)18)105-71-59-93(60-72-105)54-66-102(36-30-6)99(33-27-3)63-51-90-41-47-96(48-42-90)75-78-109(85(19)20,86(21)22)87(23)24/h37-48,55-60,67-72,79-87H,25-36H2,1-24H3/b100-97+,101-98+,102-99+. The lowest BCUT2D eigenvalue weighted by atomic mass is 9.99. The largest absolute Gasteiger partial charge is 0.311 e. The third-order valence-electron chi connectivity index (χ3n) is 22.1. The molecule has 0 unspecified atom stereocenters. The fraction of sp³-hybridized carbons (Fsp3) is 0.429. The van der Waals surface area contributed by atoms with Gasteiger partial charge >= 0.3 is 0 Å². The van der Waals surface area contributed by atoms with Crippen molar-refractivity contribution in [2.45, 2.75) is 293 Å². The molecule has 0 saturated heterocycles. The van der Waals surface area contributed by atoms with Gasteiger partial charge in [0.1, 0.15) is 24.2 Å². The number of allylic oxidation sites excluding steroid dienone is 6. The van der Waals surface area contributed by atoms with Crippen LogP contribution in [0.4, 0.5) is 17.1 Å². The molecule has 566 valence electrons. The van der Waals surface area contributed by atoms with E-state index in [-0.39, 0.29) is 0 Å². The molecule has 1 nitrogen and oxygen atoms in total. The molecule has 109 heavy (non-hydrogen) atoms. The Morgan fingerprint density at radius 3 is 0.468 bits per heavy atom. The van der Waals surface area contributed by atoms with Gasteiger partial charge in [0.25, 0.3) is 0 Å². The molecular weight excluding hydrogens is 1360 g/mol. The van der Waals surface area contributed by atoms with Crippen molar-refractivity contribution in [3.8, 4) is 105 Å². The van der Waals surface area contributed by atoms with E-state index >= 15 is 0 Å². The molecule has 6 aromatic rings. The minimum Gasteiger partial charge on any atom is -0.311 e. The van der Waals surface area contributed by atoms with Crippen molar-refractivity contribution in [3.63, 3.8) is 0 Å². The zero-order chi connectivity index (χ0) is 79.8. The Kier molecular flexibility index (Phi) is 35.9. The van der Waals surface area contributed by atoms with Gasteiger partial charge in [0.15, 0.2) is 0 Å². The van der Waals surface area contributed by atoms with Crippen LogP contribution in [-0.4, -0.2) is 24.2 Å². The number of benzene rings is 6. The van der Waals surface area contributed by atoms with Crippen molar-refractivity contribution in [1.29, 1.82) is 0 Å². The number of anilines is 3. The lowest BCUT2D eigenvalue weighted by molar-refractivity contribution is 0.838. The smallest absolute Gasteiger partial charge is 0.146 e. The highest BCUT2D eigenvalue weighted by Crippen LogP contribution is 2.44. The number of rotatable bonds is 24. The van der Waals surface area contributed by atoms with Crippen molar-refractivity contribution in [2.75, 3.05) is 4.90 Å². The predicted octanol–water partition coefficient (Wildman–Crippen LogP) is 28.8. The summed E-state index contributed by atoms with van der Waals surface area (Å²) in [5.74, 6) is 53.9. The average Bonchev–Trinajstić information content (AvgIpc) is 0.819. The zero-order valence-electron chi connectivity index (χ0n) is 71.5. The molecule has 0 N–H and O–H groups in total. The maximum Gasteiger partial charge on any atom is 0.146 e. The molecule has 6 aromatic carbocycles. The lowest BCUT2D eigenvalue weighted by Crippen LogP contribution is -2.43. The van der Waals surface area contributed by atoms with Crippen molar-refractivity contribution in [3.05, 3.63) is 229 Å². The summed E-state index contributed by atoms with van der Waals surface area (Å²) in [7, 11) is -5.53. The Hall–Kier alpha value is -8.97. The van der Waals surface area contributed by atoms with Crippen molar-refractivity contribution in [1.82, 2.24) is 0 Å². The van der Waals surface area contributed by atoms with Crippen LogP contribution in [0.15, 0.2) is 179 Å². The fourth-order valence-electron chi connectivity index (χ4n) is 16.4. The van der Waals surface area contributed by atoms with Crippen LogP contribution in [0.5, 0.6) is 0 Å². The van der Waals surface area contributed by atoms with Gasteiger partial charge in [0.05, 0.1) is 0 Å². The molecule has 0 aliphatic heterocycles.